The van der Waals surface area contributed by atoms with E-state index in [1.807, 2.05) is 0 Å². The lowest BCUT2D eigenvalue weighted by Crippen LogP contribution is -2.33. The molecule has 1 saturated carbocycles. The summed E-state index contributed by atoms with van der Waals surface area (Å²) < 4.78 is 4.47. The third-order valence-corrected chi connectivity index (χ3v) is 1.39. The first-order valence-corrected chi connectivity index (χ1v) is 2.80. The lowest BCUT2D eigenvalue weighted by Gasteiger charge is -2.02. The van der Waals surface area contributed by atoms with Gasteiger partial charge in [-0.2, -0.15) is 0 Å². The summed E-state index contributed by atoms with van der Waals surface area (Å²) in [6.45, 7) is 3.24. The molecule has 1 aliphatic rings. The molecular weight excluding hydrogens is 118 g/mol. The highest BCUT2D eigenvalue weighted by Crippen LogP contribution is 2.33. The van der Waals surface area contributed by atoms with E-state index in [-0.39, 0.29) is 5.97 Å². The summed E-state index contributed by atoms with van der Waals surface area (Å²) in [7, 11) is 0. The Bertz CT molecular complexity index is 149. The first-order chi connectivity index (χ1) is 4.19. The first-order valence-electron chi connectivity index (χ1n) is 2.80. The number of carbonyl (C=O) groups excluding carboxylic acids is 1. The fourth-order valence-corrected chi connectivity index (χ4v) is 0.532. The van der Waals surface area contributed by atoms with E-state index < -0.39 is 5.54 Å². The number of rotatable bonds is 2. The molecule has 0 heterocycles. The molecule has 50 valence electrons. The van der Waals surface area contributed by atoms with Crippen LogP contribution in [-0.2, 0) is 9.53 Å². The number of nitrogens with two attached hydrogens (primary N) is 1. The summed E-state index contributed by atoms with van der Waals surface area (Å²) in [4.78, 5) is 10.7. The lowest BCUT2D eigenvalue weighted by molar-refractivity contribution is -0.140. The Morgan fingerprint density at radius 2 is 2.33 bits per heavy atom. The third-order valence-electron chi connectivity index (χ3n) is 1.39. The van der Waals surface area contributed by atoms with E-state index in [9.17, 15) is 4.79 Å². The van der Waals surface area contributed by atoms with Gasteiger partial charge in [0.05, 0.1) is 6.26 Å². The maximum absolute atomic E-state index is 10.7. The zero-order valence-corrected chi connectivity index (χ0v) is 5.09. The predicted octanol–water partition coefficient (Wildman–Crippen LogP) is 0.164. The van der Waals surface area contributed by atoms with Gasteiger partial charge >= 0.3 is 5.97 Å². The zero-order chi connectivity index (χ0) is 6.91. The number of ether oxygens (including phenoxy) is 1. The van der Waals surface area contributed by atoms with Gasteiger partial charge in [-0.1, -0.05) is 6.58 Å². The Hall–Kier alpha value is -0.830. The van der Waals surface area contributed by atoms with Crippen LogP contribution in [0, 0.1) is 0 Å². The van der Waals surface area contributed by atoms with Crippen molar-refractivity contribution in [3.8, 4) is 0 Å². The highest BCUT2D eigenvalue weighted by molar-refractivity contribution is 5.84. The number of esters is 1. The second-order valence-electron chi connectivity index (χ2n) is 2.23. The van der Waals surface area contributed by atoms with Gasteiger partial charge in [0.25, 0.3) is 0 Å². The van der Waals surface area contributed by atoms with Gasteiger partial charge < -0.3 is 10.5 Å². The molecule has 0 spiro atoms. The molecule has 0 aromatic rings. The minimum absolute atomic E-state index is 0.363. The van der Waals surface area contributed by atoms with Gasteiger partial charge in [0.15, 0.2) is 0 Å². The molecule has 1 rings (SSSR count). The summed E-state index contributed by atoms with van der Waals surface area (Å²) in [5.74, 6) is -0.363. The zero-order valence-electron chi connectivity index (χ0n) is 5.09. The van der Waals surface area contributed by atoms with Crippen molar-refractivity contribution in [2.45, 2.75) is 18.4 Å². The Labute approximate surface area is 53.5 Å². The molecule has 0 radical (unpaired) electrons. The van der Waals surface area contributed by atoms with Crippen LogP contribution in [0.3, 0.4) is 0 Å². The first kappa shape index (κ1) is 6.29. The lowest BCUT2D eigenvalue weighted by atomic mass is 10.3. The summed E-state index contributed by atoms with van der Waals surface area (Å²) >= 11 is 0. The molecule has 0 unspecified atom stereocenters. The minimum Gasteiger partial charge on any atom is -0.434 e. The summed E-state index contributed by atoms with van der Waals surface area (Å²) in [5.41, 5.74) is 4.78. The molecule has 0 atom stereocenters. The monoisotopic (exact) mass is 127 g/mol. The highest BCUT2D eigenvalue weighted by Gasteiger charge is 2.47. The van der Waals surface area contributed by atoms with Gasteiger partial charge in [-0.05, 0) is 12.8 Å². The predicted molar refractivity (Wildman–Crippen MR) is 32.4 cm³/mol. The summed E-state index contributed by atoms with van der Waals surface area (Å²) in [6, 6.07) is 0. The molecule has 3 heteroatoms. The van der Waals surface area contributed by atoms with E-state index in [0.717, 1.165) is 19.1 Å². The van der Waals surface area contributed by atoms with Crippen LogP contribution in [0.2, 0.25) is 0 Å². The van der Waals surface area contributed by atoms with Gasteiger partial charge in [0.2, 0.25) is 0 Å². The number of carbonyl (C=O) groups is 1. The van der Waals surface area contributed by atoms with E-state index in [0.29, 0.717) is 0 Å². The molecule has 3 nitrogen and oxygen atoms in total. The molecule has 9 heavy (non-hydrogen) atoms. The average molecular weight is 127 g/mol. The van der Waals surface area contributed by atoms with E-state index in [1.165, 1.54) is 0 Å². The SMILES string of the molecule is C=COC(=O)C1(N)CC1. The van der Waals surface area contributed by atoms with Crippen molar-refractivity contribution in [3.63, 3.8) is 0 Å². The molecule has 1 aliphatic carbocycles. The van der Waals surface area contributed by atoms with E-state index in [4.69, 9.17) is 5.73 Å². The Balaban J connectivity index is 2.42. The number of hydrogen-bond donors (Lipinski definition) is 1. The fourth-order valence-electron chi connectivity index (χ4n) is 0.532. The van der Waals surface area contributed by atoms with Crippen LogP contribution in [0.4, 0.5) is 0 Å². The number of hydrogen-bond acceptors (Lipinski definition) is 3. The van der Waals surface area contributed by atoms with E-state index >= 15 is 0 Å². The molecule has 0 bridgehead atoms. The summed E-state index contributed by atoms with van der Waals surface area (Å²) in [6.07, 6.45) is 2.58. The molecule has 0 aromatic carbocycles. The molecule has 1 fully saturated rings. The molecule has 0 saturated heterocycles. The average Bonchev–Trinajstić information content (AvgIpc) is 2.50. The highest BCUT2D eigenvalue weighted by atomic mass is 16.5. The van der Waals surface area contributed by atoms with Crippen molar-refractivity contribution in [2.75, 3.05) is 0 Å². The van der Waals surface area contributed by atoms with E-state index in [2.05, 4.69) is 11.3 Å². The molecule has 2 N–H and O–H groups in total. The van der Waals surface area contributed by atoms with Crippen LogP contribution in [0.15, 0.2) is 12.8 Å². The second kappa shape index (κ2) is 1.84. The van der Waals surface area contributed by atoms with Gasteiger partial charge in [-0.15, -0.1) is 0 Å². The molecule has 0 aliphatic heterocycles. The van der Waals surface area contributed by atoms with Crippen molar-refractivity contribution >= 4 is 5.97 Å². The smallest absolute Gasteiger partial charge is 0.330 e. The largest absolute Gasteiger partial charge is 0.434 e. The summed E-state index contributed by atoms with van der Waals surface area (Å²) in [5, 5.41) is 0. The normalized spacial score (nSPS) is 20.6. The van der Waals surface area contributed by atoms with Crippen LogP contribution in [0.5, 0.6) is 0 Å². The van der Waals surface area contributed by atoms with Gasteiger partial charge in [-0.3, -0.25) is 0 Å². The minimum atomic E-state index is -0.672. The molecule has 0 amide bonds. The van der Waals surface area contributed by atoms with Crippen molar-refractivity contribution in [2.24, 2.45) is 5.73 Å². The standard InChI is InChI=1S/C6H9NO2/c1-2-9-5(8)6(7)3-4-6/h2H,1,3-4,7H2. The van der Waals surface area contributed by atoms with Crippen LogP contribution in [0.1, 0.15) is 12.8 Å². The third kappa shape index (κ3) is 1.10. The fraction of sp³-hybridized carbons (Fsp3) is 0.500. The van der Waals surface area contributed by atoms with Gasteiger partial charge in [0, 0.05) is 0 Å². The second-order valence-corrected chi connectivity index (χ2v) is 2.23. The molecule has 0 aromatic heterocycles. The van der Waals surface area contributed by atoms with Crippen LogP contribution in [-0.4, -0.2) is 11.5 Å². The van der Waals surface area contributed by atoms with Crippen LogP contribution in [0.25, 0.3) is 0 Å². The van der Waals surface area contributed by atoms with Crippen molar-refractivity contribution in [3.05, 3.63) is 12.8 Å². The Morgan fingerprint density at radius 1 is 1.78 bits per heavy atom. The maximum Gasteiger partial charge on any atom is 0.330 e. The van der Waals surface area contributed by atoms with Crippen molar-refractivity contribution < 1.29 is 9.53 Å². The van der Waals surface area contributed by atoms with Gasteiger partial charge in [-0.25, -0.2) is 4.79 Å². The quantitative estimate of drug-likeness (QED) is 0.424. The van der Waals surface area contributed by atoms with Crippen molar-refractivity contribution in [1.82, 2.24) is 0 Å². The Kier molecular flexibility index (Phi) is 1.29. The van der Waals surface area contributed by atoms with Gasteiger partial charge in [0.1, 0.15) is 5.54 Å². The Morgan fingerprint density at radius 3 is 2.67 bits per heavy atom. The maximum atomic E-state index is 10.7. The molecular formula is C6H9NO2. The van der Waals surface area contributed by atoms with Crippen molar-refractivity contribution in [1.29, 1.82) is 0 Å². The van der Waals surface area contributed by atoms with Crippen LogP contribution < -0.4 is 5.73 Å². The van der Waals surface area contributed by atoms with Crippen LogP contribution >= 0.6 is 0 Å². The topological polar surface area (TPSA) is 52.3 Å². The van der Waals surface area contributed by atoms with E-state index in [1.54, 1.807) is 0 Å².